The first-order valence-corrected chi connectivity index (χ1v) is 19.1. The molecule has 58 heavy (non-hydrogen) atoms. The van der Waals surface area contributed by atoms with E-state index in [0.717, 1.165) is 93.4 Å². The third kappa shape index (κ3) is 6.75. The molecule has 8 aromatic rings. The summed E-state index contributed by atoms with van der Waals surface area (Å²) >= 11 is 0. The first kappa shape index (κ1) is 36.5. The second-order valence-corrected chi connectivity index (χ2v) is 14.9. The van der Waals surface area contributed by atoms with E-state index in [4.69, 9.17) is 39.7 Å². The number of aromatic nitrogens is 6. The van der Waals surface area contributed by atoms with Crippen molar-refractivity contribution in [2.24, 2.45) is 11.8 Å². The Hall–Kier alpha value is -7.10. The van der Waals surface area contributed by atoms with E-state index in [1.807, 2.05) is 60.7 Å². The number of hydrogen-bond donors (Lipinski definition) is 4. The third-order valence-corrected chi connectivity index (χ3v) is 10.6. The maximum atomic E-state index is 11.3. The third-order valence-electron chi connectivity index (χ3n) is 10.6. The van der Waals surface area contributed by atoms with E-state index in [1.54, 1.807) is 13.8 Å². The highest BCUT2D eigenvalue weighted by atomic mass is 16.5. The van der Waals surface area contributed by atoms with Crippen LogP contribution < -0.4 is 20.9 Å². The Kier molecular flexibility index (Phi) is 9.10. The van der Waals surface area contributed by atoms with Gasteiger partial charge in [0.25, 0.3) is 12.0 Å². The predicted molar refractivity (Wildman–Crippen MR) is 216 cm³/mol. The van der Waals surface area contributed by atoms with Crippen LogP contribution in [0.15, 0.2) is 69.5 Å². The van der Waals surface area contributed by atoms with Crippen LogP contribution in [0.2, 0.25) is 0 Å². The predicted octanol–water partition coefficient (Wildman–Crippen LogP) is 6.94. The lowest BCUT2D eigenvalue weighted by Gasteiger charge is -2.10. The Labute approximate surface area is 330 Å². The first-order chi connectivity index (χ1) is 28.0. The number of oxazole rings is 2. The molecule has 6 N–H and O–H groups in total. The number of carboxylic acid groups (broad SMARTS) is 2. The highest BCUT2D eigenvalue weighted by Crippen LogP contribution is 2.38. The second-order valence-electron chi connectivity index (χ2n) is 14.9. The summed E-state index contributed by atoms with van der Waals surface area (Å²) in [7, 11) is 0. The first-order valence-electron chi connectivity index (χ1n) is 19.1. The van der Waals surface area contributed by atoms with Gasteiger partial charge in [-0.05, 0) is 97.5 Å². The maximum Gasteiger partial charge on any atom is 0.306 e. The average molecular weight is 785 g/mol. The van der Waals surface area contributed by atoms with Gasteiger partial charge in [0.2, 0.25) is 0 Å². The van der Waals surface area contributed by atoms with E-state index >= 15 is 0 Å². The Morgan fingerprint density at radius 1 is 0.638 bits per heavy atom. The van der Waals surface area contributed by atoms with Crippen LogP contribution in [0.25, 0.3) is 67.0 Å². The molecule has 2 atom stereocenters. The number of benzene rings is 4. The molecule has 4 aromatic carbocycles. The molecule has 0 spiro atoms. The number of ether oxygens (including phenoxy) is 2. The molecule has 0 aliphatic carbocycles. The molecule has 0 saturated heterocycles. The van der Waals surface area contributed by atoms with E-state index in [0.29, 0.717) is 48.3 Å². The summed E-state index contributed by atoms with van der Waals surface area (Å²) in [6.07, 6.45) is 2.56. The summed E-state index contributed by atoms with van der Waals surface area (Å²) in [4.78, 5) is 40.7. The molecule has 0 fully saturated rings. The highest BCUT2D eigenvalue weighted by Gasteiger charge is 2.24. The van der Waals surface area contributed by atoms with Gasteiger partial charge in [0, 0.05) is 24.2 Å². The van der Waals surface area contributed by atoms with Crippen LogP contribution in [-0.4, -0.2) is 64.4 Å². The number of rotatable bonds is 8. The summed E-state index contributed by atoms with van der Waals surface area (Å²) in [6, 6.07) is 19.5. The van der Waals surface area contributed by atoms with Crippen molar-refractivity contribution in [3.05, 3.63) is 71.8 Å². The molecule has 4 aromatic heterocycles. The Bertz CT molecular complexity index is 2710. The van der Waals surface area contributed by atoms with Gasteiger partial charge in [-0.3, -0.25) is 9.59 Å². The van der Waals surface area contributed by atoms with Gasteiger partial charge >= 0.3 is 11.9 Å². The zero-order valence-corrected chi connectivity index (χ0v) is 31.8. The number of aliphatic carboxylic acids is 2. The molecule has 16 heteroatoms. The molecule has 2 aliphatic rings. The molecule has 6 heterocycles. The molecule has 0 saturated carbocycles. The Morgan fingerprint density at radius 3 is 1.48 bits per heavy atom. The lowest BCUT2D eigenvalue weighted by molar-refractivity contribution is -0.142. The van der Waals surface area contributed by atoms with Crippen LogP contribution in [0.4, 0.5) is 12.0 Å². The summed E-state index contributed by atoms with van der Waals surface area (Å²) in [6.45, 7) is 6.17. The SMILES string of the molecule is C[C@@H](Cc1cc2c3c(c1)nc(-c1ccc4oc(N)nc4c1)n3CCCO2)C(=O)O.C[C@H](Cc1cc2c3c(c1)nc(-c1ccc4oc(N)nc4c1)n3CCCO2)C(=O)O. The smallest absolute Gasteiger partial charge is 0.306 e. The van der Waals surface area contributed by atoms with Gasteiger partial charge in [0.15, 0.2) is 11.2 Å². The van der Waals surface area contributed by atoms with Crippen LogP contribution >= 0.6 is 0 Å². The van der Waals surface area contributed by atoms with Crippen molar-refractivity contribution < 1.29 is 38.1 Å². The minimum Gasteiger partial charge on any atom is -0.491 e. The van der Waals surface area contributed by atoms with Crippen molar-refractivity contribution in [1.82, 2.24) is 29.1 Å². The van der Waals surface area contributed by atoms with Gasteiger partial charge in [0.1, 0.15) is 45.2 Å². The van der Waals surface area contributed by atoms with E-state index in [9.17, 15) is 19.8 Å². The van der Waals surface area contributed by atoms with Crippen molar-refractivity contribution in [3.8, 4) is 34.3 Å². The summed E-state index contributed by atoms with van der Waals surface area (Å²) < 4.78 is 27.0. The molecule has 16 nitrogen and oxygen atoms in total. The molecular formula is C42H40N8O8. The summed E-state index contributed by atoms with van der Waals surface area (Å²) in [5, 5.41) is 18.5. The van der Waals surface area contributed by atoms with Crippen molar-refractivity contribution >= 4 is 68.2 Å². The van der Waals surface area contributed by atoms with Crippen molar-refractivity contribution in [2.75, 3.05) is 24.7 Å². The van der Waals surface area contributed by atoms with Gasteiger partial charge in [-0.25, -0.2) is 9.97 Å². The van der Waals surface area contributed by atoms with Gasteiger partial charge in [0.05, 0.1) is 36.1 Å². The molecule has 0 bridgehead atoms. The molecule has 296 valence electrons. The number of nitrogen functional groups attached to an aromatic ring is 2. The number of anilines is 2. The van der Waals surface area contributed by atoms with Gasteiger partial charge in [-0.15, -0.1) is 0 Å². The zero-order valence-electron chi connectivity index (χ0n) is 31.8. The normalized spacial score (nSPS) is 14.7. The minimum atomic E-state index is -0.816. The molecule has 0 radical (unpaired) electrons. The topological polar surface area (TPSA) is 233 Å². The fourth-order valence-corrected chi connectivity index (χ4v) is 7.76. The monoisotopic (exact) mass is 784 g/mol. The van der Waals surface area contributed by atoms with Gasteiger partial charge < -0.3 is 49.1 Å². The Morgan fingerprint density at radius 2 is 1.07 bits per heavy atom. The minimum absolute atomic E-state index is 0.136. The number of fused-ring (bicyclic) bond motifs is 2. The molecule has 2 aliphatic heterocycles. The lowest BCUT2D eigenvalue weighted by atomic mass is 10.0. The number of aryl methyl sites for hydroxylation is 2. The fraction of sp³-hybridized carbons (Fsp3) is 0.286. The van der Waals surface area contributed by atoms with E-state index in [1.165, 1.54) is 0 Å². The maximum absolute atomic E-state index is 11.3. The standard InChI is InChI=1S/2C21H20N4O4/c2*1-11(20(26)27)7-12-8-15-18-17(9-12)28-6-2-5-25(18)19(23-15)13-3-4-16-14(10-13)24-21(22)29-16/h2*3-4,8-11H,2,5-7H2,1H3,(H2,22,24)(H,26,27)/t2*11-/m10/s1. The zero-order chi connectivity index (χ0) is 40.2. The average Bonchev–Trinajstić information content (AvgIpc) is 3.88. The quantitative estimate of drug-likeness (QED) is 0.122. The largest absolute Gasteiger partial charge is 0.491 e. The number of carbonyl (C=O) groups is 2. The van der Waals surface area contributed by atoms with E-state index in [-0.39, 0.29) is 12.0 Å². The van der Waals surface area contributed by atoms with Crippen molar-refractivity contribution in [2.45, 2.75) is 52.6 Å². The highest BCUT2D eigenvalue weighted by molar-refractivity contribution is 5.90. The second kappa shape index (κ2) is 14.4. The van der Waals surface area contributed by atoms with E-state index in [2.05, 4.69) is 19.1 Å². The fourth-order valence-electron chi connectivity index (χ4n) is 7.76. The van der Waals surface area contributed by atoms with Crippen molar-refractivity contribution in [1.29, 1.82) is 0 Å². The van der Waals surface area contributed by atoms with E-state index < -0.39 is 23.8 Å². The molecule has 0 amide bonds. The van der Waals surface area contributed by atoms with Gasteiger partial charge in [-0.1, -0.05) is 13.8 Å². The number of nitrogens with two attached hydrogens (primary N) is 2. The number of carboxylic acids is 2. The van der Waals surface area contributed by atoms with Crippen molar-refractivity contribution in [3.63, 3.8) is 0 Å². The van der Waals surface area contributed by atoms with Crippen LogP contribution in [-0.2, 0) is 35.5 Å². The van der Waals surface area contributed by atoms with Crippen LogP contribution in [0.5, 0.6) is 11.5 Å². The molecule has 0 unspecified atom stereocenters. The van der Waals surface area contributed by atoms with Crippen LogP contribution in [0, 0.1) is 11.8 Å². The number of hydrogen-bond acceptors (Lipinski definition) is 12. The Balaban J connectivity index is 0.000000150. The number of nitrogens with zero attached hydrogens (tertiary/aromatic N) is 6. The van der Waals surface area contributed by atoms with Crippen LogP contribution in [0.1, 0.15) is 37.8 Å². The number of imidazole rings is 2. The molecular weight excluding hydrogens is 745 g/mol. The van der Waals surface area contributed by atoms with Crippen LogP contribution in [0.3, 0.4) is 0 Å². The molecule has 10 rings (SSSR count). The summed E-state index contributed by atoms with van der Waals surface area (Å²) in [5.74, 6) is 0.541. The lowest BCUT2D eigenvalue weighted by Crippen LogP contribution is -2.12. The summed E-state index contributed by atoms with van der Waals surface area (Å²) in [5.41, 5.74) is 21.1. The van der Waals surface area contributed by atoms with Gasteiger partial charge in [-0.2, -0.15) is 9.97 Å².